The first kappa shape index (κ1) is 22.4. The average Bonchev–Trinajstić information content (AvgIpc) is 3.12. The molecule has 2 heterocycles. The molecule has 0 bridgehead atoms. The van der Waals surface area contributed by atoms with Gasteiger partial charge < -0.3 is 18.8 Å². The number of nitrogens with zero attached hydrogens (tertiary/aromatic N) is 1. The topological polar surface area (TPSA) is 69.0 Å². The lowest BCUT2D eigenvalue weighted by Gasteiger charge is -2.25. The summed E-state index contributed by atoms with van der Waals surface area (Å²) in [5.41, 5.74) is 1.31. The van der Waals surface area contributed by atoms with Crippen molar-refractivity contribution in [3.05, 3.63) is 104 Å². The fourth-order valence-electron chi connectivity index (χ4n) is 4.32. The molecule has 1 aromatic heterocycles. The lowest BCUT2D eigenvalue weighted by molar-refractivity contribution is 0.0707. The van der Waals surface area contributed by atoms with Crippen molar-refractivity contribution in [2.75, 3.05) is 20.3 Å². The normalized spacial score (nSPS) is 15.1. The smallest absolute Gasteiger partial charge is 0.290 e. The maximum Gasteiger partial charge on any atom is 0.290 e. The van der Waals surface area contributed by atoms with Crippen LogP contribution in [-0.4, -0.2) is 31.1 Å². The van der Waals surface area contributed by atoms with E-state index in [1.165, 1.54) is 0 Å². The number of methoxy groups -OCH3 is 1. The van der Waals surface area contributed by atoms with Gasteiger partial charge in [-0.3, -0.25) is 9.59 Å². The minimum absolute atomic E-state index is 0.0941. The van der Waals surface area contributed by atoms with Crippen molar-refractivity contribution in [2.45, 2.75) is 12.5 Å². The second kappa shape index (κ2) is 9.44. The van der Waals surface area contributed by atoms with E-state index in [0.29, 0.717) is 47.6 Å². The third-order valence-electron chi connectivity index (χ3n) is 5.83. The number of para-hydroxylation sites is 1. The van der Waals surface area contributed by atoms with E-state index in [2.05, 4.69) is 15.9 Å². The number of amides is 1. The molecule has 1 unspecified atom stereocenters. The number of halogens is 1. The van der Waals surface area contributed by atoms with E-state index in [1.807, 2.05) is 54.6 Å². The molecule has 0 spiro atoms. The Hall–Kier alpha value is -3.42. The molecule has 1 amide bonds. The maximum atomic E-state index is 13.6. The number of carbonyl (C=O) groups excluding carboxylic acids is 1. The molecule has 0 aliphatic carbocycles. The number of rotatable bonds is 7. The van der Waals surface area contributed by atoms with Gasteiger partial charge in [0.2, 0.25) is 5.76 Å². The van der Waals surface area contributed by atoms with Crippen molar-refractivity contribution in [2.24, 2.45) is 0 Å². The van der Waals surface area contributed by atoms with Crippen molar-refractivity contribution >= 4 is 32.8 Å². The number of carbonyl (C=O) groups is 1. The fourth-order valence-corrected chi connectivity index (χ4v) is 4.68. The number of benzene rings is 3. The summed E-state index contributed by atoms with van der Waals surface area (Å²) in [4.78, 5) is 28.7. The van der Waals surface area contributed by atoms with Crippen molar-refractivity contribution in [1.29, 1.82) is 0 Å². The van der Waals surface area contributed by atoms with Gasteiger partial charge in [-0.25, -0.2) is 0 Å². The molecule has 172 valence electrons. The molecule has 6 nitrogen and oxygen atoms in total. The molecule has 1 aliphatic heterocycles. The molecule has 0 saturated carbocycles. The van der Waals surface area contributed by atoms with Crippen LogP contribution in [0, 0.1) is 0 Å². The van der Waals surface area contributed by atoms with Crippen LogP contribution in [0.2, 0.25) is 0 Å². The van der Waals surface area contributed by atoms with Crippen molar-refractivity contribution in [3.8, 4) is 11.5 Å². The van der Waals surface area contributed by atoms with Crippen LogP contribution in [0.25, 0.3) is 11.0 Å². The molecular formula is C27H22BrNO5. The van der Waals surface area contributed by atoms with Crippen LogP contribution in [-0.2, 0) is 4.74 Å². The monoisotopic (exact) mass is 519 g/mol. The molecule has 5 rings (SSSR count). The van der Waals surface area contributed by atoms with Gasteiger partial charge in [-0.1, -0.05) is 46.3 Å². The zero-order chi connectivity index (χ0) is 23.7. The molecule has 1 atom stereocenters. The Kier molecular flexibility index (Phi) is 6.22. The van der Waals surface area contributed by atoms with E-state index >= 15 is 0 Å². The van der Waals surface area contributed by atoms with Gasteiger partial charge in [-0.2, -0.15) is 0 Å². The average molecular weight is 520 g/mol. The lowest BCUT2D eigenvalue weighted by Crippen LogP contribution is -2.31. The summed E-state index contributed by atoms with van der Waals surface area (Å²) in [5.74, 6) is 1.12. The molecule has 0 fully saturated rings. The van der Waals surface area contributed by atoms with E-state index in [1.54, 1.807) is 30.2 Å². The predicted octanol–water partition coefficient (Wildman–Crippen LogP) is 5.93. The van der Waals surface area contributed by atoms with E-state index in [4.69, 9.17) is 13.9 Å². The first-order valence-electron chi connectivity index (χ1n) is 11.0. The molecule has 3 aromatic carbocycles. The lowest BCUT2D eigenvalue weighted by atomic mass is 9.98. The third-order valence-corrected chi connectivity index (χ3v) is 6.32. The highest BCUT2D eigenvalue weighted by molar-refractivity contribution is 9.10. The van der Waals surface area contributed by atoms with Crippen LogP contribution in [0.4, 0.5) is 0 Å². The van der Waals surface area contributed by atoms with Gasteiger partial charge in [0.15, 0.2) is 5.43 Å². The van der Waals surface area contributed by atoms with Crippen LogP contribution in [0.15, 0.2) is 86.5 Å². The minimum Gasteiger partial charge on any atom is -0.457 e. The third kappa shape index (κ3) is 4.13. The van der Waals surface area contributed by atoms with Crippen molar-refractivity contribution in [1.82, 2.24) is 4.90 Å². The summed E-state index contributed by atoms with van der Waals surface area (Å²) in [6, 6.07) is 21.6. The molecular weight excluding hydrogens is 498 g/mol. The van der Waals surface area contributed by atoms with Gasteiger partial charge in [-0.05, 0) is 54.4 Å². The van der Waals surface area contributed by atoms with Gasteiger partial charge in [0.25, 0.3) is 5.91 Å². The highest BCUT2D eigenvalue weighted by Crippen LogP contribution is 2.39. The van der Waals surface area contributed by atoms with Gasteiger partial charge in [0, 0.05) is 24.7 Å². The Labute approximate surface area is 204 Å². The SMILES string of the molecule is COCCCN1C(=O)c2oc3ccc(Br)cc3c(=O)c2C1c1cccc(Oc2ccccc2)c1. The summed E-state index contributed by atoms with van der Waals surface area (Å²) >= 11 is 3.43. The first-order chi connectivity index (χ1) is 16.6. The van der Waals surface area contributed by atoms with Crippen LogP contribution in [0.1, 0.15) is 34.1 Å². The second-order valence-electron chi connectivity index (χ2n) is 8.05. The van der Waals surface area contributed by atoms with Gasteiger partial charge in [0.1, 0.15) is 17.1 Å². The number of fused-ring (bicyclic) bond motifs is 2. The van der Waals surface area contributed by atoms with Gasteiger partial charge in [-0.15, -0.1) is 0 Å². The summed E-state index contributed by atoms with van der Waals surface area (Å²) in [6.07, 6.45) is 0.631. The molecule has 1 aliphatic rings. The number of ether oxygens (including phenoxy) is 2. The fraction of sp³-hybridized carbons (Fsp3) is 0.185. The Morgan fingerprint density at radius 3 is 2.56 bits per heavy atom. The summed E-state index contributed by atoms with van der Waals surface area (Å²) in [6.45, 7) is 0.922. The standard InChI is InChI=1S/C27H22BrNO5/c1-32-14-6-13-29-24(17-7-5-10-20(15-17)33-19-8-3-2-4-9-19)23-25(30)21-16-18(28)11-12-22(21)34-26(23)27(29)31/h2-5,7-12,15-16,24H,6,13-14H2,1H3. The Morgan fingerprint density at radius 2 is 1.76 bits per heavy atom. The van der Waals surface area contributed by atoms with Crippen molar-refractivity contribution in [3.63, 3.8) is 0 Å². The largest absolute Gasteiger partial charge is 0.457 e. The van der Waals surface area contributed by atoms with Crippen LogP contribution in [0.5, 0.6) is 11.5 Å². The first-order valence-corrected chi connectivity index (χ1v) is 11.7. The van der Waals surface area contributed by atoms with Crippen molar-refractivity contribution < 1.29 is 18.7 Å². The highest BCUT2D eigenvalue weighted by atomic mass is 79.9. The molecule has 7 heteroatoms. The quantitative estimate of drug-likeness (QED) is 0.283. The molecule has 34 heavy (non-hydrogen) atoms. The minimum atomic E-state index is -0.585. The summed E-state index contributed by atoms with van der Waals surface area (Å²) in [5, 5.41) is 0.432. The summed E-state index contributed by atoms with van der Waals surface area (Å²) in [7, 11) is 1.62. The predicted molar refractivity (Wildman–Crippen MR) is 133 cm³/mol. The van der Waals surface area contributed by atoms with Crippen LogP contribution in [0.3, 0.4) is 0 Å². The van der Waals surface area contributed by atoms with E-state index in [0.717, 1.165) is 10.0 Å². The molecule has 0 radical (unpaired) electrons. The number of hydrogen-bond acceptors (Lipinski definition) is 5. The van der Waals surface area contributed by atoms with E-state index in [-0.39, 0.29) is 17.1 Å². The molecule has 0 saturated heterocycles. The van der Waals surface area contributed by atoms with Crippen LogP contribution >= 0.6 is 15.9 Å². The molecule has 4 aromatic rings. The molecule has 0 N–H and O–H groups in total. The summed E-state index contributed by atoms with van der Waals surface area (Å²) < 4.78 is 18.0. The van der Waals surface area contributed by atoms with Gasteiger partial charge in [0.05, 0.1) is 17.0 Å². The zero-order valence-electron chi connectivity index (χ0n) is 18.5. The second-order valence-corrected chi connectivity index (χ2v) is 8.97. The Bertz CT molecular complexity index is 1420. The van der Waals surface area contributed by atoms with Gasteiger partial charge >= 0.3 is 0 Å². The highest BCUT2D eigenvalue weighted by Gasteiger charge is 2.42. The zero-order valence-corrected chi connectivity index (χ0v) is 20.1. The van der Waals surface area contributed by atoms with E-state index in [9.17, 15) is 9.59 Å². The van der Waals surface area contributed by atoms with Crippen LogP contribution < -0.4 is 10.2 Å². The maximum absolute atomic E-state index is 13.6. The Balaban J connectivity index is 1.63. The Morgan fingerprint density at radius 1 is 0.971 bits per heavy atom. The number of hydrogen-bond donors (Lipinski definition) is 0. The van der Waals surface area contributed by atoms with E-state index < -0.39 is 6.04 Å².